The van der Waals surface area contributed by atoms with Crippen LogP contribution in [0.3, 0.4) is 0 Å². The third kappa shape index (κ3) is 2.99. The van der Waals surface area contributed by atoms with E-state index in [4.69, 9.17) is 14.5 Å². The Balaban J connectivity index is 1.48. The summed E-state index contributed by atoms with van der Waals surface area (Å²) in [5.74, 6) is 0.891. The zero-order valence-electron chi connectivity index (χ0n) is 18.5. The molecule has 0 amide bonds. The van der Waals surface area contributed by atoms with Crippen molar-refractivity contribution in [3.05, 3.63) is 83.7 Å². The number of ether oxygens (including phenoxy) is 2. The van der Waals surface area contributed by atoms with E-state index in [1.807, 2.05) is 36.5 Å². The SMILES string of the molecule is CC1C2CCc3cnc(Nc4ccccc4)nc3C2(c2ccccc2)CCC12OCCO2. The highest BCUT2D eigenvalue weighted by Crippen LogP contribution is 2.59. The predicted octanol–water partition coefficient (Wildman–Crippen LogP) is 5.24. The quantitative estimate of drug-likeness (QED) is 0.619. The summed E-state index contributed by atoms with van der Waals surface area (Å²) in [5.41, 5.74) is 4.62. The normalized spacial score (nSPS) is 28.2. The van der Waals surface area contributed by atoms with Gasteiger partial charge in [0.25, 0.3) is 0 Å². The summed E-state index contributed by atoms with van der Waals surface area (Å²) in [6, 6.07) is 21.1. The van der Waals surface area contributed by atoms with E-state index in [9.17, 15) is 0 Å². The van der Waals surface area contributed by atoms with Crippen molar-refractivity contribution in [1.82, 2.24) is 9.97 Å². The first-order valence-corrected chi connectivity index (χ1v) is 11.7. The van der Waals surface area contributed by atoms with Crippen molar-refractivity contribution in [1.29, 1.82) is 0 Å². The molecule has 1 spiro atoms. The lowest BCUT2D eigenvalue weighted by Gasteiger charge is -2.55. The number of aryl methyl sites for hydroxylation is 1. The maximum atomic E-state index is 6.25. The summed E-state index contributed by atoms with van der Waals surface area (Å²) >= 11 is 0. The number of benzene rings is 2. The fourth-order valence-corrected chi connectivity index (χ4v) is 6.41. The van der Waals surface area contributed by atoms with Crippen molar-refractivity contribution in [2.75, 3.05) is 18.5 Å². The molecule has 2 heterocycles. The average Bonchev–Trinajstić information content (AvgIpc) is 3.32. The van der Waals surface area contributed by atoms with Crippen molar-refractivity contribution in [3.63, 3.8) is 0 Å². The smallest absolute Gasteiger partial charge is 0.227 e. The molecule has 2 fully saturated rings. The molecular formula is C27H29N3O2. The summed E-state index contributed by atoms with van der Waals surface area (Å²) in [7, 11) is 0. The van der Waals surface area contributed by atoms with E-state index in [0.717, 1.165) is 31.4 Å². The lowest BCUT2D eigenvalue weighted by molar-refractivity contribution is -0.232. The number of fused-ring (bicyclic) bond motifs is 3. The van der Waals surface area contributed by atoms with Crippen LogP contribution >= 0.6 is 0 Å². The number of rotatable bonds is 3. The van der Waals surface area contributed by atoms with Gasteiger partial charge in [0.1, 0.15) is 0 Å². The average molecular weight is 428 g/mol. The monoisotopic (exact) mass is 427 g/mol. The highest BCUT2D eigenvalue weighted by molar-refractivity contribution is 5.54. The Bertz CT molecular complexity index is 1100. The molecule has 3 aliphatic rings. The topological polar surface area (TPSA) is 56.3 Å². The molecule has 5 heteroatoms. The molecule has 3 atom stereocenters. The van der Waals surface area contributed by atoms with Gasteiger partial charge in [0.05, 0.1) is 18.9 Å². The number of nitrogens with one attached hydrogen (secondary N) is 1. The lowest BCUT2D eigenvalue weighted by atomic mass is 9.52. The fraction of sp³-hybridized carbons (Fsp3) is 0.407. The molecule has 1 N–H and O–H groups in total. The minimum Gasteiger partial charge on any atom is -0.347 e. The van der Waals surface area contributed by atoms with Crippen LogP contribution in [-0.2, 0) is 21.3 Å². The molecule has 32 heavy (non-hydrogen) atoms. The molecule has 5 nitrogen and oxygen atoms in total. The van der Waals surface area contributed by atoms with Crippen molar-refractivity contribution in [3.8, 4) is 0 Å². The third-order valence-corrected chi connectivity index (χ3v) is 7.90. The summed E-state index contributed by atoms with van der Waals surface area (Å²) < 4.78 is 12.5. The van der Waals surface area contributed by atoms with Crippen LogP contribution < -0.4 is 5.32 Å². The Morgan fingerprint density at radius 2 is 1.66 bits per heavy atom. The molecule has 1 aliphatic heterocycles. The summed E-state index contributed by atoms with van der Waals surface area (Å²) in [6.45, 7) is 3.71. The van der Waals surface area contributed by atoms with E-state index in [0.29, 0.717) is 25.1 Å². The first-order chi connectivity index (χ1) is 15.7. The molecule has 3 aromatic rings. The summed E-state index contributed by atoms with van der Waals surface area (Å²) in [5, 5.41) is 3.41. The lowest BCUT2D eigenvalue weighted by Crippen LogP contribution is -2.57. The van der Waals surface area contributed by atoms with E-state index >= 15 is 0 Å². The minimum absolute atomic E-state index is 0.162. The van der Waals surface area contributed by atoms with E-state index in [1.54, 1.807) is 0 Å². The highest BCUT2D eigenvalue weighted by atomic mass is 16.7. The van der Waals surface area contributed by atoms with Gasteiger partial charge in [0.2, 0.25) is 5.95 Å². The second-order valence-electron chi connectivity index (χ2n) is 9.34. The molecule has 1 aromatic heterocycles. The number of nitrogens with zero attached hydrogens (tertiary/aromatic N) is 2. The van der Waals surface area contributed by atoms with Crippen LogP contribution in [0.5, 0.6) is 0 Å². The van der Waals surface area contributed by atoms with Crippen LogP contribution in [0.25, 0.3) is 0 Å². The Kier molecular flexibility index (Phi) is 4.77. The first-order valence-electron chi connectivity index (χ1n) is 11.7. The minimum atomic E-state index is -0.446. The highest BCUT2D eigenvalue weighted by Gasteiger charge is 2.60. The van der Waals surface area contributed by atoms with Crippen molar-refractivity contribution in [2.45, 2.75) is 43.8 Å². The van der Waals surface area contributed by atoms with E-state index in [-0.39, 0.29) is 11.3 Å². The van der Waals surface area contributed by atoms with Crippen LogP contribution in [0.2, 0.25) is 0 Å². The van der Waals surface area contributed by atoms with Crippen molar-refractivity contribution in [2.24, 2.45) is 11.8 Å². The van der Waals surface area contributed by atoms with E-state index in [1.165, 1.54) is 16.8 Å². The van der Waals surface area contributed by atoms with Crippen LogP contribution in [0.1, 0.15) is 43.0 Å². The van der Waals surface area contributed by atoms with Gasteiger partial charge in [-0.15, -0.1) is 0 Å². The second kappa shape index (κ2) is 7.68. The number of para-hydroxylation sites is 1. The molecular weight excluding hydrogens is 398 g/mol. The zero-order chi connectivity index (χ0) is 21.6. The standard InChI is InChI=1S/C27H29N3O2/c1-19-23-13-12-20-18-28-25(29-22-10-6-3-7-11-22)30-24(20)26(23,21-8-4-2-5-9-21)14-15-27(19)31-16-17-32-27/h2-11,18-19,23H,12-17H2,1H3,(H,28,29,30). The van der Waals surface area contributed by atoms with Crippen LogP contribution in [0.15, 0.2) is 66.9 Å². The van der Waals surface area contributed by atoms with E-state index < -0.39 is 5.79 Å². The van der Waals surface area contributed by atoms with Gasteiger partial charge in [-0.2, -0.15) is 0 Å². The molecule has 2 aromatic carbocycles. The Labute approximate surface area is 189 Å². The summed E-state index contributed by atoms with van der Waals surface area (Å²) in [6.07, 6.45) is 5.95. The van der Waals surface area contributed by atoms with Gasteiger partial charge < -0.3 is 14.8 Å². The van der Waals surface area contributed by atoms with Gasteiger partial charge in [-0.05, 0) is 48.4 Å². The number of aromatic nitrogens is 2. The first kappa shape index (κ1) is 19.9. The Morgan fingerprint density at radius 1 is 0.938 bits per heavy atom. The van der Waals surface area contributed by atoms with Crippen LogP contribution in [0, 0.1) is 11.8 Å². The van der Waals surface area contributed by atoms with Crippen LogP contribution in [-0.4, -0.2) is 29.0 Å². The van der Waals surface area contributed by atoms with Gasteiger partial charge in [-0.3, -0.25) is 0 Å². The largest absolute Gasteiger partial charge is 0.347 e. The predicted molar refractivity (Wildman–Crippen MR) is 124 cm³/mol. The summed E-state index contributed by atoms with van der Waals surface area (Å²) in [4.78, 5) is 9.86. The number of anilines is 2. The van der Waals surface area contributed by atoms with Gasteiger partial charge in [-0.1, -0.05) is 55.5 Å². The Morgan fingerprint density at radius 3 is 2.41 bits per heavy atom. The van der Waals surface area contributed by atoms with Gasteiger partial charge in [-0.25, -0.2) is 9.97 Å². The molecule has 1 saturated carbocycles. The zero-order valence-corrected chi connectivity index (χ0v) is 18.5. The molecule has 0 radical (unpaired) electrons. The van der Waals surface area contributed by atoms with Gasteiger partial charge in [0, 0.05) is 29.6 Å². The molecule has 164 valence electrons. The van der Waals surface area contributed by atoms with Crippen molar-refractivity contribution >= 4 is 11.6 Å². The van der Waals surface area contributed by atoms with Crippen LogP contribution in [0.4, 0.5) is 11.6 Å². The fourth-order valence-electron chi connectivity index (χ4n) is 6.41. The Hall–Kier alpha value is -2.76. The number of hydrogen-bond acceptors (Lipinski definition) is 5. The second-order valence-corrected chi connectivity index (χ2v) is 9.34. The molecule has 3 unspecified atom stereocenters. The number of hydrogen-bond donors (Lipinski definition) is 1. The van der Waals surface area contributed by atoms with E-state index in [2.05, 4.69) is 47.6 Å². The molecule has 2 aliphatic carbocycles. The van der Waals surface area contributed by atoms with Gasteiger partial charge >= 0.3 is 0 Å². The van der Waals surface area contributed by atoms with Crippen molar-refractivity contribution < 1.29 is 9.47 Å². The third-order valence-electron chi connectivity index (χ3n) is 7.90. The maximum absolute atomic E-state index is 6.25. The molecule has 1 saturated heterocycles. The maximum Gasteiger partial charge on any atom is 0.227 e. The molecule has 0 bridgehead atoms. The molecule has 6 rings (SSSR count). The van der Waals surface area contributed by atoms with Gasteiger partial charge in [0.15, 0.2) is 5.79 Å².